The van der Waals surface area contributed by atoms with Crippen LogP contribution in [-0.4, -0.2) is 52.7 Å². The number of amides is 1. The zero-order valence-electron chi connectivity index (χ0n) is 11.9. The van der Waals surface area contributed by atoms with Crippen LogP contribution in [0.15, 0.2) is 0 Å². The molecule has 116 valence electrons. The van der Waals surface area contributed by atoms with Crippen LogP contribution in [0.1, 0.15) is 30.3 Å². The first-order valence-corrected chi connectivity index (χ1v) is 6.86. The maximum atomic E-state index is 11.8. The van der Waals surface area contributed by atoms with Gasteiger partial charge in [0.25, 0.3) is 0 Å². The van der Waals surface area contributed by atoms with Gasteiger partial charge in [-0.2, -0.15) is 0 Å². The number of nitrogen functional groups attached to an aromatic ring is 1. The molecule has 1 saturated heterocycles. The molecule has 9 heteroatoms. The van der Waals surface area contributed by atoms with Crippen LogP contribution in [0, 0.1) is 0 Å². The highest BCUT2D eigenvalue weighted by Gasteiger charge is 2.20. The molecular weight excluding hydrogens is 278 g/mol. The van der Waals surface area contributed by atoms with E-state index in [0.717, 1.165) is 24.1 Å². The minimum Gasteiger partial charge on any atom is -0.461 e. The Morgan fingerprint density at radius 1 is 1.57 bits per heavy atom. The maximum Gasteiger partial charge on any atom is 0.362 e. The van der Waals surface area contributed by atoms with E-state index < -0.39 is 5.97 Å². The SMILES string of the molecule is CCOC(=O)c1nnn(CC(=O)NCC2CCCO2)c1N. The van der Waals surface area contributed by atoms with E-state index in [1.807, 2.05) is 0 Å². The van der Waals surface area contributed by atoms with Gasteiger partial charge in [-0.1, -0.05) is 5.21 Å². The summed E-state index contributed by atoms with van der Waals surface area (Å²) in [7, 11) is 0. The lowest BCUT2D eigenvalue weighted by Gasteiger charge is -2.10. The van der Waals surface area contributed by atoms with Crippen molar-refractivity contribution in [1.29, 1.82) is 0 Å². The van der Waals surface area contributed by atoms with Crippen molar-refractivity contribution in [3.05, 3.63) is 5.69 Å². The molecule has 0 aromatic carbocycles. The van der Waals surface area contributed by atoms with Crippen LogP contribution in [0.2, 0.25) is 0 Å². The van der Waals surface area contributed by atoms with Gasteiger partial charge >= 0.3 is 5.97 Å². The molecule has 0 bridgehead atoms. The van der Waals surface area contributed by atoms with Crippen molar-refractivity contribution < 1.29 is 19.1 Å². The Balaban J connectivity index is 1.87. The van der Waals surface area contributed by atoms with Gasteiger partial charge in [0.2, 0.25) is 11.6 Å². The van der Waals surface area contributed by atoms with E-state index in [2.05, 4.69) is 15.6 Å². The fourth-order valence-electron chi connectivity index (χ4n) is 2.01. The maximum absolute atomic E-state index is 11.8. The fourth-order valence-corrected chi connectivity index (χ4v) is 2.01. The average Bonchev–Trinajstić information content (AvgIpc) is 3.08. The Hall–Kier alpha value is -2.16. The van der Waals surface area contributed by atoms with Crippen LogP contribution in [0.3, 0.4) is 0 Å². The number of nitrogens with zero attached hydrogens (tertiary/aromatic N) is 3. The summed E-state index contributed by atoms with van der Waals surface area (Å²) in [5.41, 5.74) is 5.65. The minimum atomic E-state index is -0.652. The first-order chi connectivity index (χ1) is 10.1. The lowest BCUT2D eigenvalue weighted by atomic mass is 10.2. The van der Waals surface area contributed by atoms with Gasteiger partial charge in [-0.3, -0.25) is 4.79 Å². The molecule has 3 N–H and O–H groups in total. The summed E-state index contributed by atoms with van der Waals surface area (Å²) in [6, 6.07) is 0. The summed E-state index contributed by atoms with van der Waals surface area (Å²) in [4.78, 5) is 23.3. The standard InChI is InChI=1S/C12H19N5O4/c1-2-20-12(19)10-11(13)17(16-15-10)7-9(18)14-6-8-4-3-5-21-8/h8H,2-7,13H2,1H3,(H,14,18). The zero-order chi connectivity index (χ0) is 15.2. The number of aromatic nitrogens is 3. The second-order valence-corrected chi connectivity index (χ2v) is 4.64. The van der Waals surface area contributed by atoms with Gasteiger partial charge in [0.05, 0.1) is 12.7 Å². The van der Waals surface area contributed by atoms with Crippen molar-refractivity contribution in [3.8, 4) is 0 Å². The number of hydrogen-bond acceptors (Lipinski definition) is 7. The summed E-state index contributed by atoms with van der Waals surface area (Å²) in [5.74, 6) is -0.903. The molecule has 9 nitrogen and oxygen atoms in total. The third-order valence-electron chi connectivity index (χ3n) is 3.09. The third-order valence-corrected chi connectivity index (χ3v) is 3.09. The van der Waals surface area contributed by atoms with Gasteiger partial charge in [-0.15, -0.1) is 5.10 Å². The van der Waals surface area contributed by atoms with Gasteiger partial charge < -0.3 is 20.5 Å². The van der Waals surface area contributed by atoms with Gasteiger partial charge in [0, 0.05) is 13.2 Å². The highest BCUT2D eigenvalue weighted by molar-refractivity contribution is 5.92. The lowest BCUT2D eigenvalue weighted by molar-refractivity contribution is -0.122. The van der Waals surface area contributed by atoms with E-state index in [-0.39, 0.29) is 36.7 Å². The quantitative estimate of drug-likeness (QED) is 0.668. The number of esters is 1. The van der Waals surface area contributed by atoms with Crippen LogP contribution < -0.4 is 11.1 Å². The number of rotatable bonds is 6. The topological polar surface area (TPSA) is 121 Å². The molecule has 0 saturated carbocycles. The Morgan fingerprint density at radius 3 is 3.05 bits per heavy atom. The molecule has 1 aromatic rings. The Labute approximate surface area is 121 Å². The van der Waals surface area contributed by atoms with E-state index in [4.69, 9.17) is 15.2 Å². The zero-order valence-corrected chi connectivity index (χ0v) is 11.9. The van der Waals surface area contributed by atoms with E-state index in [1.165, 1.54) is 0 Å². The second kappa shape index (κ2) is 7.02. The molecule has 1 amide bonds. The van der Waals surface area contributed by atoms with Crippen LogP contribution >= 0.6 is 0 Å². The number of anilines is 1. The molecule has 2 rings (SSSR count). The van der Waals surface area contributed by atoms with Crippen molar-refractivity contribution >= 4 is 17.7 Å². The van der Waals surface area contributed by atoms with Gasteiger partial charge in [-0.25, -0.2) is 9.48 Å². The molecule has 0 radical (unpaired) electrons. The summed E-state index contributed by atoms with van der Waals surface area (Å²) < 4.78 is 11.4. The minimum absolute atomic E-state index is 0.0146. The number of carbonyl (C=O) groups is 2. The Kier molecular flexibility index (Phi) is 5.09. The van der Waals surface area contributed by atoms with E-state index in [0.29, 0.717) is 6.54 Å². The number of ether oxygens (including phenoxy) is 2. The lowest BCUT2D eigenvalue weighted by Crippen LogP contribution is -2.34. The van der Waals surface area contributed by atoms with Crippen molar-refractivity contribution in [2.24, 2.45) is 0 Å². The van der Waals surface area contributed by atoms with E-state index in [1.54, 1.807) is 6.92 Å². The van der Waals surface area contributed by atoms with Crippen molar-refractivity contribution in [1.82, 2.24) is 20.3 Å². The van der Waals surface area contributed by atoms with Gasteiger partial charge in [-0.05, 0) is 19.8 Å². The molecule has 0 spiro atoms. The van der Waals surface area contributed by atoms with Crippen molar-refractivity contribution in [2.75, 3.05) is 25.5 Å². The highest BCUT2D eigenvalue weighted by atomic mass is 16.5. The van der Waals surface area contributed by atoms with E-state index >= 15 is 0 Å². The first-order valence-electron chi connectivity index (χ1n) is 6.86. The normalized spacial score (nSPS) is 17.7. The van der Waals surface area contributed by atoms with Crippen LogP contribution in [0.25, 0.3) is 0 Å². The first kappa shape index (κ1) is 15.2. The molecule has 2 heterocycles. The predicted molar refractivity (Wildman–Crippen MR) is 72.4 cm³/mol. The molecular formula is C12H19N5O4. The van der Waals surface area contributed by atoms with Crippen LogP contribution in [-0.2, 0) is 20.8 Å². The number of nitrogens with two attached hydrogens (primary N) is 1. The largest absolute Gasteiger partial charge is 0.461 e. The molecule has 1 aliphatic rings. The number of carbonyl (C=O) groups excluding carboxylic acids is 2. The highest BCUT2D eigenvalue weighted by Crippen LogP contribution is 2.11. The third kappa shape index (κ3) is 3.91. The van der Waals surface area contributed by atoms with Crippen molar-refractivity contribution in [2.45, 2.75) is 32.4 Å². The van der Waals surface area contributed by atoms with Crippen LogP contribution in [0.4, 0.5) is 5.82 Å². The predicted octanol–water partition coefficient (Wildman–Crippen LogP) is -0.668. The molecule has 1 unspecified atom stereocenters. The molecule has 1 atom stereocenters. The smallest absolute Gasteiger partial charge is 0.362 e. The monoisotopic (exact) mass is 297 g/mol. The fraction of sp³-hybridized carbons (Fsp3) is 0.667. The van der Waals surface area contributed by atoms with Crippen LogP contribution in [0.5, 0.6) is 0 Å². The van der Waals surface area contributed by atoms with Gasteiger partial charge in [0.15, 0.2) is 5.82 Å². The Bertz CT molecular complexity index is 510. The summed E-state index contributed by atoms with van der Waals surface area (Å²) >= 11 is 0. The number of nitrogens with one attached hydrogen (secondary N) is 1. The summed E-state index contributed by atoms with van der Waals surface area (Å²) in [6.07, 6.45) is 2.02. The average molecular weight is 297 g/mol. The van der Waals surface area contributed by atoms with Crippen molar-refractivity contribution in [3.63, 3.8) is 0 Å². The van der Waals surface area contributed by atoms with Gasteiger partial charge in [0.1, 0.15) is 6.54 Å². The molecule has 0 aliphatic carbocycles. The number of hydrogen-bond donors (Lipinski definition) is 2. The second-order valence-electron chi connectivity index (χ2n) is 4.64. The molecule has 1 aliphatic heterocycles. The summed E-state index contributed by atoms with van der Waals surface area (Å²) in [5, 5.41) is 10.1. The Morgan fingerprint density at radius 2 is 2.38 bits per heavy atom. The van der Waals surface area contributed by atoms with E-state index in [9.17, 15) is 9.59 Å². The molecule has 1 aromatic heterocycles. The summed E-state index contributed by atoms with van der Waals surface area (Å²) in [6.45, 7) is 2.98. The molecule has 21 heavy (non-hydrogen) atoms. The molecule has 1 fully saturated rings.